The van der Waals surface area contributed by atoms with Crippen molar-refractivity contribution in [2.45, 2.75) is 25.2 Å². The standard InChI is InChI=1S/C11H8F6OS/c12-10(13,14)7-3-6(1-2-9(18)19)4-8(5-7)11(15,16)17/h3-5H,1-2H2,(H,18,19). The Kier molecular flexibility index (Phi) is 4.54. The Bertz CT molecular complexity index is 445. The van der Waals surface area contributed by atoms with Crippen molar-refractivity contribution in [1.82, 2.24) is 0 Å². The maximum atomic E-state index is 12.5. The summed E-state index contributed by atoms with van der Waals surface area (Å²) in [6, 6.07) is 1.25. The number of thiol groups is 1. The molecule has 106 valence electrons. The second-order valence-electron chi connectivity index (χ2n) is 3.81. The van der Waals surface area contributed by atoms with E-state index in [2.05, 4.69) is 12.6 Å². The number of halogens is 6. The molecular formula is C11H8F6OS. The number of hydrogen-bond donors (Lipinski definition) is 1. The first-order valence-corrected chi connectivity index (χ1v) is 5.45. The zero-order chi connectivity index (χ0) is 14.8. The molecule has 1 nitrogen and oxygen atoms in total. The van der Waals surface area contributed by atoms with Crippen LogP contribution in [0.5, 0.6) is 0 Å². The first-order chi connectivity index (χ1) is 8.50. The van der Waals surface area contributed by atoms with Gasteiger partial charge in [-0.15, -0.1) is 12.6 Å². The highest BCUT2D eigenvalue weighted by molar-refractivity contribution is 7.96. The van der Waals surface area contributed by atoms with Crippen LogP contribution in [0.4, 0.5) is 26.3 Å². The molecule has 0 N–H and O–H groups in total. The molecule has 0 bridgehead atoms. The SMILES string of the molecule is O=C(S)CCc1cc(C(F)(F)F)cc(C(F)(F)F)c1. The van der Waals surface area contributed by atoms with Crippen LogP contribution in [0.15, 0.2) is 18.2 Å². The number of hydrogen-bond acceptors (Lipinski definition) is 1. The third-order valence-electron chi connectivity index (χ3n) is 2.27. The van der Waals surface area contributed by atoms with Crippen LogP contribution in [0.3, 0.4) is 0 Å². The van der Waals surface area contributed by atoms with Crippen LogP contribution in [0, 0.1) is 0 Å². The molecule has 0 atom stereocenters. The van der Waals surface area contributed by atoms with Crippen LogP contribution in [-0.4, -0.2) is 5.12 Å². The summed E-state index contributed by atoms with van der Waals surface area (Å²) in [5.74, 6) is 0. The lowest BCUT2D eigenvalue weighted by atomic mass is 10.0. The van der Waals surface area contributed by atoms with E-state index in [1.54, 1.807) is 0 Å². The molecule has 0 aliphatic carbocycles. The maximum absolute atomic E-state index is 12.5. The van der Waals surface area contributed by atoms with E-state index in [4.69, 9.17) is 0 Å². The summed E-state index contributed by atoms with van der Waals surface area (Å²) in [5.41, 5.74) is -2.97. The summed E-state index contributed by atoms with van der Waals surface area (Å²) in [7, 11) is 0. The predicted molar refractivity (Wildman–Crippen MR) is 58.8 cm³/mol. The Morgan fingerprint density at radius 3 is 1.68 bits per heavy atom. The highest BCUT2D eigenvalue weighted by atomic mass is 32.1. The molecule has 0 aliphatic rings. The van der Waals surface area contributed by atoms with Gasteiger partial charge >= 0.3 is 12.4 Å². The molecule has 0 radical (unpaired) electrons. The molecule has 0 saturated heterocycles. The zero-order valence-electron chi connectivity index (χ0n) is 9.27. The zero-order valence-corrected chi connectivity index (χ0v) is 10.2. The first-order valence-electron chi connectivity index (χ1n) is 5.00. The minimum Gasteiger partial charge on any atom is -0.287 e. The van der Waals surface area contributed by atoms with Crippen molar-refractivity contribution in [3.63, 3.8) is 0 Å². The van der Waals surface area contributed by atoms with Gasteiger partial charge in [0.05, 0.1) is 11.1 Å². The first kappa shape index (κ1) is 15.9. The van der Waals surface area contributed by atoms with Gasteiger partial charge in [0.15, 0.2) is 5.12 Å². The Balaban J connectivity index is 3.21. The molecule has 1 aromatic carbocycles. The fourth-order valence-corrected chi connectivity index (χ4v) is 1.53. The topological polar surface area (TPSA) is 17.1 Å². The predicted octanol–water partition coefficient (Wildman–Crippen LogP) is 4.11. The van der Waals surface area contributed by atoms with E-state index in [9.17, 15) is 31.1 Å². The summed E-state index contributed by atoms with van der Waals surface area (Å²) in [5, 5.41) is -0.606. The molecule has 0 aliphatic heterocycles. The van der Waals surface area contributed by atoms with Crippen molar-refractivity contribution < 1.29 is 31.1 Å². The molecule has 8 heteroatoms. The summed E-state index contributed by atoms with van der Waals surface area (Å²) in [6.45, 7) is 0. The van der Waals surface area contributed by atoms with Crippen LogP contribution in [-0.2, 0) is 23.6 Å². The van der Waals surface area contributed by atoms with Crippen LogP contribution in [0.2, 0.25) is 0 Å². The number of carbonyl (C=O) groups excluding carboxylic acids is 1. The van der Waals surface area contributed by atoms with Gasteiger partial charge in [0.25, 0.3) is 0 Å². The fourth-order valence-electron chi connectivity index (χ4n) is 1.41. The van der Waals surface area contributed by atoms with E-state index in [1.165, 1.54) is 0 Å². The Hall–Kier alpha value is -1.18. The van der Waals surface area contributed by atoms with Crippen molar-refractivity contribution in [3.8, 4) is 0 Å². The minimum atomic E-state index is -4.87. The van der Waals surface area contributed by atoms with Gasteiger partial charge in [-0.2, -0.15) is 26.3 Å². The van der Waals surface area contributed by atoms with Crippen molar-refractivity contribution >= 4 is 17.7 Å². The summed E-state index contributed by atoms with van der Waals surface area (Å²) < 4.78 is 74.9. The number of rotatable bonds is 3. The quantitative estimate of drug-likeness (QED) is 0.657. The molecular weight excluding hydrogens is 294 g/mol. The highest BCUT2D eigenvalue weighted by Gasteiger charge is 2.36. The number of benzene rings is 1. The molecule has 1 rings (SSSR count). The third kappa shape index (κ3) is 4.77. The average molecular weight is 302 g/mol. The molecule has 19 heavy (non-hydrogen) atoms. The molecule has 0 unspecified atom stereocenters. The summed E-state index contributed by atoms with van der Waals surface area (Å²) in [4.78, 5) is 10.6. The lowest BCUT2D eigenvalue weighted by molar-refractivity contribution is -0.143. The van der Waals surface area contributed by atoms with Gasteiger partial charge in [0.1, 0.15) is 0 Å². The van der Waals surface area contributed by atoms with Crippen LogP contribution < -0.4 is 0 Å². The molecule has 0 heterocycles. The third-order valence-corrected chi connectivity index (χ3v) is 2.50. The normalized spacial score (nSPS) is 12.6. The Morgan fingerprint density at radius 2 is 1.37 bits per heavy atom. The van der Waals surface area contributed by atoms with Gasteiger partial charge in [-0.3, -0.25) is 4.79 Å². The van der Waals surface area contributed by atoms with E-state index in [0.29, 0.717) is 12.1 Å². The number of alkyl halides is 6. The van der Waals surface area contributed by atoms with Crippen molar-refractivity contribution in [2.75, 3.05) is 0 Å². The van der Waals surface area contributed by atoms with Gasteiger partial charge < -0.3 is 0 Å². The smallest absolute Gasteiger partial charge is 0.287 e. The van der Waals surface area contributed by atoms with E-state index in [0.717, 1.165) is 0 Å². The van der Waals surface area contributed by atoms with Crippen molar-refractivity contribution in [3.05, 3.63) is 34.9 Å². The van der Waals surface area contributed by atoms with E-state index in [1.807, 2.05) is 0 Å². The lowest BCUT2D eigenvalue weighted by Crippen LogP contribution is -2.12. The lowest BCUT2D eigenvalue weighted by Gasteiger charge is -2.13. The molecule has 0 saturated carbocycles. The van der Waals surface area contributed by atoms with E-state index in [-0.39, 0.29) is 24.5 Å². The van der Waals surface area contributed by atoms with Gasteiger partial charge in [0.2, 0.25) is 0 Å². The number of aryl methyl sites for hydroxylation is 1. The van der Waals surface area contributed by atoms with Gasteiger partial charge in [0, 0.05) is 6.42 Å². The van der Waals surface area contributed by atoms with Gasteiger partial charge in [-0.25, -0.2) is 0 Å². The summed E-state index contributed by atoms with van der Waals surface area (Å²) in [6.07, 6.45) is -10.2. The van der Waals surface area contributed by atoms with Gasteiger partial charge in [-0.05, 0) is 30.2 Å². The Morgan fingerprint density at radius 1 is 0.947 bits per heavy atom. The number of carbonyl (C=O) groups is 1. The molecule has 0 spiro atoms. The second-order valence-corrected chi connectivity index (χ2v) is 4.31. The highest BCUT2D eigenvalue weighted by Crippen LogP contribution is 2.36. The van der Waals surface area contributed by atoms with Crippen LogP contribution in [0.25, 0.3) is 0 Å². The van der Waals surface area contributed by atoms with E-state index >= 15 is 0 Å². The van der Waals surface area contributed by atoms with Crippen LogP contribution in [0.1, 0.15) is 23.1 Å². The summed E-state index contributed by atoms with van der Waals surface area (Å²) >= 11 is 3.41. The largest absolute Gasteiger partial charge is 0.416 e. The Labute approximate surface area is 110 Å². The maximum Gasteiger partial charge on any atom is 0.416 e. The molecule has 0 amide bonds. The monoisotopic (exact) mass is 302 g/mol. The van der Waals surface area contributed by atoms with E-state index < -0.39 is 28.6 Å². The van der Waals surface area contributed by atoms with Crippen LogP contribution >= 0.6 is 12.6 Å². The second kappa shape index (κ2) is 5.44. The van der Waals surface area contributed by atoms with Gasteiger partial charge in [-0.1, -0.05) is 0 Å². The van der Waals surface area contributed by atoms with Crippen molar-refractivity contribution in [1.29, 1.82) is 0 Å². The fraction of sp³-hybridized carbons (Fsp3) is 0.364. The average Bonchev–Trinajstić information content (AvgIpc) is 2.23. The van der Waals surface area contributed by atoms with Crippen molar-refractivity contribution in [2.24, 2.45) is 0 Å². The molecule has 0 aromatic heterocycles. The minimum absolute atomic E-state index is 0.0476. The molecule has 1 aromatic rings. The molecule has 0 fully saturated rings.